The van der Waals surface area contributed by atoms with E-state index in [0.29, 0.717) is 15.2 Å². The highest BCUT2D eigenvalue weighted by molar-refractivity contribution is 7.80. The first kappa shape index (κ1) is 13.9. The van der Waals surface area contributed by atoms with Gasteiger partial charge in [0.1, 0.15) is 0 Å². The van der Waals surface area contributed by atoms with Gasteiger partial charge >= 0.3 is 0 Å². The molecule has 1 saturated heterocycles. The minimum atomic E-state index is -0.205. The summed E-state index contributed by atoms with van der Waals surface area (Å²) in [6, 6.07) is 5.24. The van der Waals surface area contributed by atoms with Crippen molar-refractivity contribution in [3.8, 4) is 0 Å². The van der Waals surface area contributed by atoms with E-state index in [2.05, 4.69) is 5.32 Å². The number of hydrogen-bond donors (Lipinski definition) is 2. The van der Waals surface area contributed by atoms with Gasteiger partial charge in [-0.2, -0.15) is 0 Å². The number of piperidine rings is 1. The van der Waals surface area contributed by atoms with Crippen molar-refractivity contribution in [1.82, 2.24) is 4.90 Å². The molecule has 0 aromatic heterocycles. The second-order valence-corrected chi connectivity index (χ2v) is 5.50. The topological polar surface area (TPSA) is 35.5 Å². The van der Waals surface area contributed by atoms with Gasteiger partial charge in [0, 0.05) is 18.1 Å². The van der Waals surface area contributed by atoms with Crippen molar-refractivity contribution in [2.24, 2.45) is 0 Å². The predicted octanol–water partition coefficient (Wildman–Crippen LogP) is 3.15. The monoisotopic (exact) mass is 304 g/mol. The number of aliphatic hydroxyl groups excluding tert-OH is 1. The highest BCUT2D eigenvalue weighted by atomic mass is 35.5. The molecule has 0 spiro atoms. The van der Waals surface area contributed by atoms with Gasteiger partial charge in [-0.3, -0.25) is 0 Å². The number of rotatable bonds is 1. The van der Waals surface area contributed by atoms with Gasteiger partial charge in [0.05, 0.1) is 16.8 Å². The van der Waals surface area contributed by atoms with Crippen molar-refractivity contribution >= 4 is 46.2 Å². The number of aliphatic hydroxyl groups is 1. The Bertz CT molecular complexity index is 448. The standard InChI is InChI=1S/C12H14Cl2N2OS/c13-8-1-2-11(10(14)7-8)15-12(18)16-5-3-9(17)4-6-16/h1-2,7,9,17H,3-6H2,(H,15,18). The van der Waals surface area contributed by atoms with Crippen LogP contribution < -0.4 is 5.32 Å². The number of benzene rings is 1. The molecule has 0 radical (unpaired) electrons. The number of likely N-dealkylation sites (tertiary alicyclic amines) is 1. The molecule has 18 heavy (non-hydrogen) atoms. The second kappa shape index (κ2) is 6.06. The molecule has 0 aliphatic carbocycles. The van der Waals surface area contributed by atoms with Gasteiger partial charge in [-0.15, -0.1) is 0 Å². The number of anilines is 1. The van der Waals surface area contributed by atoms with Crippen molar-refractivity contribution < 1.29 is 5.11 Å². The summed E-state index contributed by atoms with van der Waals surface area (Å²) < 4.78 is 0. The van der Waals surface area contributed by atoms with Gasteiger partial charge in [0.15, 0.2) is 5.11 Å². The predicted molar refractivity (Wildman–Crippen MR) is 79.5 cm³/mol. The molecule has 1 aliphatic rings. The van der Waals surface area contributed by atoms with Crippen LogP contribution in [0.1, 0.15) is 12.8 Å². The maximum atomic E-state index is 9.45. The lowest BCUT2D eigenvalue weighted by Crippen LogP contribution is -2.42. The van der Waals surface area contributed by atoms with Gasteiger partial charge in [-0.05, 0) is 43.3 Å². The van der Waals surface area contributed by atoms with E-state index in [-0.39, 0.29) is 6.10 Å². The Labute approximate surface area is 122 Å². The molecule has 0 saturated carbocycles. The molecule has 1 aromatic rings. The van der Waals surface area contributed by atoms with Crippen molar-refractivity contribution in [3.05, 3.63) is 28.2 Å². The Hall–Kier alpha value is -0.550. The molecule has 0 unspecified atom stereocenters. The Morgan fingerprint density at radius 2 is 2.00 bits per heavy atom. The molecular weight excluding hydrogens is 291 g/mol. The molecule has 1 heterocycles. The van der Waals surface area contributed by atoms with E-state index in [1.165, 1.54) is 0 Å². The smallest absolute Gasteiger partial charge is 0.173 e. The van der Waals surface area contributed by atoms with Gasteiger partial charge in [-0.1, -0.05) is 23.2 Å². The third-order valence-electron chi connectivity index (χ3n) is 2.92. The third kappa shape index (κ3) is 3.48. The summed E-state index contributed by atoms with van der Waals surface area (Å²) >= 11 is 17.2. The first-order valence-corrected chi connectivity index (χ1v) is 6.92. The molecular formula is C12H14Cl2N2OS. The fourth-order valence-electron chi connectivity index (χ4n) is 1.85. The fraction of sp³-hybridized carbons (Fsp3) is 0.417. The molecule has 0 bridgehead atoms. The molecule has 0 amide bonds. The van der Waals surface area contributed by atoms with Crippen LogP contribution in [0, 0.1) is 0 Å². The van der Waals surface area contributed by atoms with E-state index in [4.69, 9.17) is 35.4 Å². The molecule has 3 nitrogen and oxygen atoms in total. The van der Waals surface area contributed by atoms with E-state index >= 15 is 0 Å². The molecule has 2 N–H and O–H groups in total. The average Bonchev–Trinajstić information content (AvgIpc) is 2.33. The van der Waals surface area contributed by atoms with Crippen LogP contribution in [-0.4, -0.2) is 34.3 Å². The van der Waals surface area contributed by atoms with Crippen LogP contribution in [0.4, 0.5) is 5.69 Å². The van der Waals surface area contributed by atoms with Crippen molar-refractivity contribution in [2.75, 3.05) is 18.4 Å². The van der Waals surface area contributed by atoms with Gasteiger partial charge in [-0.25, -0.2) is 0 Å². The zero-order chi connectivity index (χ0) is 13.1. The summed E-state index contributed by atoms with van der Waals surface area (Å²) in [4.78, 5) is 2.03. The summed E-state index contributed by atoms with van der Waals surface area (Å²) in [7, 11) is 0. The molecule has 98 valence electrons. The van der Waals surface area contributed by atoms with Crippen LogP contribution >= 0.6 is 35.4 Å². The van der Waals surface area contributed by atoms with E-state index in [9.17, 15) is 5.11 Å². The summed E-state index contributed by atoms with van der Waals surface area (Å²) in [6.07, 6.45) is 1.29. The lowest BCUT2D eigenvalue weighted by Gasteiger charge is -2.31. The largest absolute Gasteiger partial charge is 0.393 e. The number of nitrogens with one attached hydrogen (secondary N) is 1. The van der Waals surface area contributed by atoms with E-state index in [0.717, 1.165) is 31.6 Å². The Balaban J connectivity index is 1.98. The molecule has 1 fully saturated rings. The Kier molecular flexibility index (Phi) is 4.67. The SMILES string of the molecule is OC1CCN(C(=S)Nc2ccc(Cl)cc2Cl)CC1. The lowest BCUT2D eigenvalue weighted by atomic mass is 10.1. The quantitative estimate of drug-likeness (QED) is 0.781. The first-order chi connectivity index (χ1) is 8.56. The van der Waals surface area contributed by atoms with Gasteiger partial charge in [0.25, 0.3) is 0 Å². The van der Waals surface area contributed by atoms with Crippen LogP contribution in [-0.2, 0) is 0 Å². The second-order valence-electron chi connectivity index (χ2n) is 4.27. The minimum absolute atomic E-state index is 0.205. The summed E-state index contributed by atoms with van der Waals surface area (Å²) in [6.45, 7) is 1.52. The maximum Gasteiger partial charge on any atom is 0.173 e. The number of nitrogens with zero attached hydrogens (tertiary/aromatic N) is 1. The summed E-state index contributed by atoms with van der Waals surface area (Å²) in [5, 5.41) is 14.3. The van der Waals surface area contributed by atoms with Crippen molar-refractivity contribution in [1.29, 1.82) is 0 Å². The van der Waals surface area contributed by atoms with Crippen LogP contribution in [0.5, 0.6) is 0 Å². The zero-order valence-corrected chi connectivity index (χ0v) is 12.0. The molecule has 0 atom stereocenters. The molecule has 2 rings (SSSR count). The summed E-state index contributed by atoms with van der Waals surface area (Å²) in [5.41, 5.74) is 0.747. The lowest BCUT2D eigenvalue weighted by molar-refractivity contribution is 0.110. The minimum Gasteiger partial charge on any atom is -0.393 e. The maximum absolute atomic E-state index is 9.45. The zero-order valence-electron chi connectivity index (χ0n) is 9.70. The van der Waals surface area contributed by atoms with Crippen molar-refractivity contribution in [2.45, 2.75) is 18.9 Å². The highest BCUT2D eigenvalue weighted by Gasteiger charge is 2.19. The molecule has 1 aliphatic heterocycles. The normalized spacial score (nSPS) is 16.7. The molecule has 1 aromatic carbocycles. The summed E-state index contributed by atoms with van der Waals surface area (Å²) in [5.74, 6) is 0. The van der Waals surface area contributed by atoms with E-state index in [1.54, 1.807) is 18.2 Å². The number of hydrogen-bond acceptors (Lipinski definition) is 2. The van der Waals surface area contributed by atoms with Crippen LogP contribution in [0.15, 0.2) is 18.2 Å². The average molecular weight is 305 g/mol. The Morgan fingerprint density at radius 3 is 2.61 bits per heavy atom. The first-order valence-electron chi connectivity index (χ1n) is 5.75. The van der Waals surface area contributed by atoms with Gasteiger partial charge in [0.2, 0.25) is 0 Å². The van der Waals surface area contributed by atoms with Crippen LogP contribution in [0.25, 0.3) is 0 Å². The van der Waals surface area contributed by atoms with Gasteiger partial charge < -0.3 is 15.3 Å². The van der Waals surface area contributed by atoms with Crippen LogP contribution in [0.2, 0.25) is 10.0 Å². The fourth-order valence-corrected chi connectivity index (χ4v) is 2.60. The Morgan fingerprint density at radius 1 is 1.33 bits per heavy atom. The van der Waals surface area contributed by atoms with Crippen molar-refractivity contribution in [3.63, 3.8) is 0 Å². The number of thiocarbonyl (C=S) groups is 1. The third-order valence-corrected chi connectivity index (χ3v) is 3.83. The highest BCUT2D eigenvalue weighted by Crippen LogP contribution is 2.26. The van der Waals surface area contributed by atoms with Crippen LogP contribution in [0.3, 0.4) is 0 Å². The van der Waals surface area contributed by atoms with E-state index in [1.807, 2.05) is 4.90 Å². The molecule has 6 heteroatoms. The number of halogens is 2. The van der Waals surface area contributed by atoms with E-state index < -0.39 is 0 Å².